The minimum Gasteiger partial charge on any atom is -0.365 e. The molecule has 0 aliphatic carbocycles. The monoisotopic (exact) mass is 421 g/mol. The van der Waals surface area contributed by atoms with E-state index in [1.54, 1.807) is 10.7 Å². The lowest BCUT2D eigenvalue weighted by Gasteiger charge is -2.07. The van der Waals surface area contributed by atoms with Gasteiger partial charge >= 0.3 is 0 Å². The molecule has 30 heavy (non-hydrogen) atoms. The smallest absolute Gasteiger partial charge is 0.220 e. The van der Waals surface area contributed by atoms with Crippen LogP contribution in [0.3, 0.4) is 0 Å². The minimum atomic E-state index is -0.0746. The highest BCUT2D eigenvalue weighted by Crippen LogP contribution is 2.12. The number of fused-ring (bicyclic) bond motifs is 1. The number of nitrogens with one attached hydrogen (secondary N) is 2. The van der Waals surface area contributed by atoms with Crippen LogP contribution in [-0.4, -0.2) is 30.7 Å². The summed E-state index contributed by atoms with van der Waals surface area (Å²) in [5.74, 6) is 1.25. The van der Waals surface area contributed by atoms with Gasteiger partial charge in [0.15, 0.2) is 11.5 Å². The quantitative estimate of drug-likeness (QED) is 0.454. The molecule has 1 aromatic carbocycles. The standard InChI is InChI=1S/C21H20ClN7O/c22-16-6-4-15(5-7-16)13-24-18-8-9-19-26-27-20(29(19)28-18)10-11-21(30)25-14-17-3-1-2-12-23-17/h1-9,12H,10-11,13-14H2,(H,24,28)(H,25,30). The topological polar surface area (TPSA) is 97.1 Å². The summed E-state index contributed by atoms with van der Waals surface area (Å²) in [6.45, 7) is 1.01. The van der Waals surface area contributed by atoms with Crippen molar-refractivity contribution in [3.63, 3.8) is 0 Å². The fourth-order valence-corrected chi connectivity index (χ4v) is 3.01. The molecule has 0 fully saturated rings. The van der Waals surface area contributed by atoms with E-state index in [0.29, 0.717) is 41.8 Å². The van der Waals surface area contributed by atoms with Crippen LogP contribution in [0.15, 0.2) is 60.8 Å². The van der Waals surface area contributed by atoms with Crippen molar-refractivity contribution in [2.24, 2.45) is 0 Å². The zero-order valence-corrected chi connectivity index (χ0v) is 16.9. The summed E-state index contributed by atoms with van der Waals surface area (Å²) in [6.07, 6.45) is 2.43. The maximum atomic E-state index is 12.2. The van der Waals surface area contributed by atoms with Gasteiger partial charge in [-0.25, -0.2) is 0 Å². The second-order valence-corrected chi connectivity index (χ2v) is 7.12. The Hall–Kier alpha value is -3.52. The van der Waals surface area contributed by atoms with E-state index >= 15 is 0 Å². The van der Waals surface area contributed by atoms with Crippen LogP contribution in [0.5, 0.6) is 0 Å². The number of benzene rings is 1. The minimum absolute atomic E-state index is 0.0746. The molecule has 0 unspecified atom stereocenters. The molecular weight excluding hydrogens is 402 g/mol. The van der Waals surface area contributed by atoms with Crippen molar-refractivity contribution >= 4 is 29.0 Å². The van der Waals surface area contributed by atoms with Crippen molar-refractivity contribution in [2.75, 3.05) is 5.32 Å². The zero-order valence-electron chi connectivity index (χ0n) is 16.1. The van der Waals surface area contributed by atoms with E-state index in [1.807, 2.05) is 54.6 Å². The van der Waals surface area contributed by atoms with E-state index in [4.69, 9.17) is 11.6 Å². The van der Waals surface area contributed by atoms with E-state index < -0.39 is 0 Å². The van der Waals surface area contributed by atoms with Crippen molar-refractivity contribution in [3.05, 3.63) is 82.9 Å². The molecule has 1 amide bonds. The number of halogens is 1. The van der Waals surface area contributed by atoms with Crippen molar-refractivity contribution in [1.82, 2.24) is 30.1 Å². The average molecular weight is 422 g/mol. The highest BCUT2D eigenvalue weighted by atomic mass is 35.5. The van der Waals surface area contributed by atoms with Gasteiger partial charge in [-0.3, -0.25) is 9.78 Å². The molecule has 0 aliphatic heterocycles. The van der Waals surface area contributed by atoms with E-state index in [0.717, 1.165) is 11.3 Å². The number of pyridine rings is 1. The largest absolute Gasteiger partial charge is 0.365 e. The Balaban J connectivity index is 1.35. The molecule has 0 saturated carbocycles. The molecule has 4 aromatic rings. The van der Waals surface area contributed by atoms with E-state index in [-0.39, 0.29) is 12.3 Å². The molecule has 8 nitrogen and oxygen atoms in total. The first-order valence-corrected chi connectivity index (χ1v) is 9.91. The Morgan fingerprint density at radius 1 is 1.00 bits per heavy atom. The summed E-state index contributed by atoms with van der Waals surface area (Å²) < 4.78 is 1.66. The number of aryl methyl sites for hydroxylation is 1. The number of hydrogen-bond donors (Lipinski definition) is 2. The second-order valence-electron chi connectivity index (χ2n) is 6.68. The lowest BCUT2D eigenvalue weighted by atomic mass is 10.2. The Bertz CT molecular complexity index is 1130. The third kappa shape index (κ3) is 5.09. The van der Waals surface area contributed by atoms with Gasteiger partial charge in [-0.15, -0.1) is 15.3 Å². The summed E-state index contributed by atoms with van der Waals surface area (Å²) in [5, 5.41) is 19.7. The molecule has 152 valence electrons. The fraction of sp³-hybridized carbons (Fsp3) is 0.190. The normalized spacial score (nSPS) is 10.8. The summed E-state index contributed by atoms with van der Waals surface area (Å²) in [4.78, 5) is 16.3. The molecule has 9 heteroatoms. The third-order valence-corrected chi connectivity index (χ3v) is 4.73. The maximum absolute atomic E-state index is 12.2. The lowest BCUT2D eigenvalue weighted by Crippen LogP contribution is -2.23. The highest BCUT2D eigenvalue weighted by Gasteiger charge is 2.10. The molecule has 0 aliphatic rings. The van der Waals surface area contributed by atoms with Gasteiger partial charge in [0.25, 0.3) is 0 Å². The fourth-order valence-electron chi connectivity index (χ4n) is 2.88. The van der Waals surface area contributed by atoms with Crippen LogP contribution in [0.25, 0.3) is 5.65 Å². The summed E-state index contributed by atoms with van der Waals surface area (Å²) in [7, 11) is 0. The first-order chi connectivity index (χ1) is 14.7. The Morgan fingerprint density at radius 3 is 2.67 bits per heavy atom. The molecule has 2 N–H and O–H groups in total. The van der Waals surface area contributed by atoms with E-state index in [9.17, 15) is 4.79 Å². The van der Waals surface area contributed by atoms with Crippen LogP contribution in [-0.2, 0) is 24.3 Å². The number of carbonyl (C=O) groups excluding carboxylic acids is 1. The first-order valence-electron chi connectivity index (χ1n) is 9.53. The summed E-state index contributed by atoms with van der Waals surface area (Å²) in [6, 6.07) is 16.9. The molecule has 0 bridgehead atoms. The molecule has 0 radical (unpaired) electrons. The van der Waals surface area contributed by atoms with Crippen LogP contribution in [0.4, 0.5) is 5.82 Å². The van der Waals surface area contributed by atoms with Crippen molar-refractivity contribution in [2.45, 2.75) is 25.9 Å². The first kappa shape index (κ1) is 19.8. The van der Waals surface area contributed by atoms with Gasteiger partial charge in [0.05, 0.1) is 12.2 Å². The molecule has 0 spiro atoms. The number of aromatic nitrogens is 5. The highest BCUT2D eigenvalue weighted by molar-refractivity contribution is 6.30. The average Bonchev–Trinajstić information content (AvgIpc) is 3.19. The van der Waals surface area contributed by atoms with Gasteiger partial charge in [-0.2, -0.15) is 4.52 Å². The van der Waals surface area contributed by atoms with E-state index in [1.165, 1.54) is 0 Å². The van der Waals surface area contributed by atoms with Crippen LogP contribution < -0.4 is 10.6 Å². The lowest BCUT2D eigenvalue weighted by molar-refractivity contribution is -0.121. The number of carbonyl (C=O) groups is 1. The second kappa shape index (κ2) is 9.32. The number of rotatable bonds is 8. The van der Waals surface area contributed by atoms with Crippen LogP contribution in [0.2, 0.25) is 5.02 Å². The van der Waals surface area contributed by atoms with Gasteiger partial charge in [0.2, 0.25) is 5.91 Å². The van der Waals surface area contributed by atoms with Crippen molar-refractivity contribution in [1.29, 1.82) is 0 Å². The Kier molecular flexibility index (Phi) is 6.14. The van der Waals surface area contributed by atoms with Gasteiger partial charge in [-0.05, 0) is 42.0 Å². The zero-order chi connectivity index (χ0) is 20.8. The van der Waals surface area contributed by atoms with E-state index in [2.05, 4.69) is 30.9 Å². The Labute approximate surface area is 178 Å². The number of amides is 1. The molecule has 0 atom stereocenters. The number of nitrogens with zero attached hydrogens (tertiary/aromatic N) is 5. The molecule has 4 rings (SSSR count). The maximum Gasteiger partial charge on any atom is 0.220 e. The number of anilines is 1. The third-order valence-electron chi connectivity index (χ3n) is 4.48. The molecule has 3 heterocycles. The van der Waals surface area contributed by atoms with Gasteiger partial charge in [0.1, 0.15) is 5.82 Å². The predicted octanol–water partition coefficient (Wildman–Crippen LogP) is 3.03. The van der Waals surface area contributed by atoms with Crippen molar-refractivity contribution in [3.8, 4) is 0 Å². The van der Waals surface area contributed by atoms with Gasteiger partial charge < -0.3 is 10.6 Å². The SMILES string of the molecule is O=C(CCc1nnc2ccc(NCc3ccc(Cl)cc3)nn12)NCc1ccccn1. The summed E-state index contributed by atoms with van der Waals surface area (Å²) >= 11 is 5.92. The summed E-state index contributed by atoms with van der Waals surface area (Å²) in [5.41, 5.74) is 2.54. The van der Waals surface area contributed by atoms with Crippen molar-refractivity contribution < 1.29 is 4.79 Å². The van der Waals surface area contributed by atoms with Crippen LogP contribution in [0.1, 0.15) is 23.5 Å². The molecule has 3 aromatic heterocycles. The Morgan fingerprint density at radius 2 is 1.87 bits per heavy atom. The van der Waals surface area contributed by atoms with Gasteiger partial charge in [0, 0.05) is 30.6 Å². The predicted molar refractivity (Wildman–Crippen MR) is 114 cm³/mol. The molecular formula is C21H20ClN7O. The van der Waals surface area contributed by atoms with Gasteiger partial charge in [-0.1, -0.05) is 29.8 Å². The number of hydrogen-bond acceptors (Lipinski definition) is 6. The van der Waals surface area contributed by atoms with Crippen LogP contribution in [0, 0.1) is 0 Å². The molecule has 0 saturated heterocycles. The van der Waals surface area contributed by atoms with Crippen LogP contribution >= 0.6 is 11.6 Å².